The summed E-state index contributed by atoms with van der Waals surface area (Å²) in [6, 6.07) is 10.6. The number of phenolic OH excluding ortho intramolecular Hbond substituents is 1. The largest absolute Gasteiger partial charge is 0.507 e. The van der Waals surface area contributed by atoms with Crippen LogP contribution in [0.2, 0.25) is 5.02 Å². The molecular formula is C14H11ClN2O4. The second kappa shape index (κ2) is 6.71. The van der Waals surface area contributed by atoms with Crippen LogP contribution in [-0.2, 0) is 11.4 Å². The third-order valence-electron chi connectivity index (χ3n) is 2.61. The van der Waals surface area contributed by atoms with Crippen LogP contribution in [0.4, 0.5) is 5.69 Å². The van der Waals surface area contributed by atoms with E-state index in [1.54, 1.807) is 18.2 Å². The first kappa shape index (κ1) is 14.8. The fraction of sp³-hybridized carbons (Fsp3) is 0.0714. The minimum atomic E-state index is -0.475. The van der Waals surface area contributed by atoms with Gasteiger partial charge >= 0.3 is 0 Å². The molecule has 0 aromatic heterocycles. The Kier molecular flexibility index (Phi) is 4.73. The molecule has 108 valence electrons. The van der Waals surface area contributed by atoms with Gasteiger partial charge in [-0.05, 0) is 23.8 Å². The Balaban J connectivity index is 1.98. The van der Waals surface area contributed by atoms with Crippen LogP contribution in [-0.4, -0.2) is 16.2 Å². The lowest BCUT2D eigenvalue weighted by Crippen LogP contribution is -1.92. The molecule has 6 nitrogen and oxygen atoms in total. The number of nitrogens with zero attached hydrogens (tertiary/aromatic N) is 2. The minimum absolute atomic E-state index is 0.00688. The van der Waals surface area contributed by atoms with Gasteiger partial charge in [-0.25, -0.2) is 0 Å². The van der Waals surface area contributed by atoms with Crippen LogP contribution in [0.5, 0.6) is 5.75 Å². The normalized spacial score (nSPS) is 10.7. The number of phenols is 1. The number of aromatic hydroxyl groups is 1. The van der Waals surface area contributed by atoms with E-state index in [0.717, 1.165) is 0 Å². The lowest BCUT2D eigenvalue weighted by atomic mass is 10.2. The highest BCUT2D eigenvalue weighted by molar-refractivity contribution is 6.30. The number of oxime groups is 1. The first-order valence-electron chi connectivity index (χ1n) is 5.93. The van der Waals surface area contributed by atoms with E-state index in [9.17, 15) is 15.2 Å². The summed E-state index contributed by atoms with van der Waals surface area (Å²) in [7, 11) is 0. The van der Waals surface area contributed by atoms with Gasteiger partial charge in [-0.3, -0.25) is 10.1 Å². The molecule has 0 fully saturated rings. The number of benzene rings is 2. The summed E-state index contributed by atoms with van der Waals surface area (Å²) in [4.78, 5) is 15.2. The van der Waals surface area contributed by atoms with Gasteiger partial charge in [-0.1, -0.05) is 28.9 Å². The van der Waals surface area contributed by atoms with Gasteiger partial charge in [0.15, 0.2) is 0 Å². The lowest BCUT2D eigenvalue weighted by Gasteiger charge is -2.01. The van der Waals surface area contributed by atoms with Gasteiger partial charge in [0, 0.05) is 22.7 Å². The number of nitro benzene ring substituents is 1. The van der Waals surface area contributed by atoms with Gasteiger partial charge in [-0.2, -0.15) is 0 Å². The van der Waals surface area contributed by atoms with Crippen molar-refractivity contribution in [1.82, 2.24) is 0 Å². The second-order valence-electron chi connectivity index (χ2n) is 4.14. The van der Waals surface area contributed by atoms with Crippen LogP contribution in [0, 0.1) is 10.1 Å². The lowest BCUT2D eigenvalue weighted by molar-refractivity contribution is -0.384. The zero-order valence-corrected chi connectivity index (χ0v) is 11.5. The van der Waals surface area contributed by atoms with E-state index in [1.165, 1.54) is 30.5 Å². The highest BCUT2D eigenvalue weighted by Gasteiger charge is 2.05. The molecule has 2 rings (SSSR count). The Labute approximate surface area is 125 Å². The van der Waals surface area contributed by atoms with Crippen LogP contribution < -0.4 is 0 Å². The summed E-state index contributed by atoms with van der Waals surface area (Å²) in [6.45, 7) is 0.0828. The molecular weight excluding hydrogens is 296 g/mol. The molecule has 0 aliphatic heterocycles. The molecule has 0 unspecified atom stereocenters. The van der Waals surface area contributed by atoms with Crippen LogP contribution >= 0.6 is 11.6 Å². The predicted octanol–water partition coefficient (Wildman–Crippen LogP) is 3.50. The van der Waals surface area contributed by atoms with E-state index < -0.39 is 4.92 Å². The summed E-state index contributed by atoms with van der Waals surface area (Å²) in [5, 5.41) is 24.4. The smallest absolute Gasteiger partial charge is 0.269 e. The van der Waals surface area contributed by atoms with Crippen LogP contribution in [0.1, 0.15) is 11.1 Å². The molecule has 0 spiro atoms. The van der Waals surface area contributed by atoms with Gasteiger partial charge in [0.1, 0.15) is 12.4 Å². The van der Waals surface area contributed by atoms with E-state index in [2.05, 4.69) is 5.16 Å². The van der Waals surface area contributed by atoms with Crippen molar-refractivity contribution in [3.63, 3.8) is 0 Å². The topological polar surface area (TPSA) is 85.0 Å². The summed E-state index contributed by atoms with van der Waals surface area (Å²) in [5.41, 5.74) is 1.03. The maximum absolute atomic E-state index is 10.6. The van der Waals surface area contributed by atoms with Crippen molar-refractivity contribution >= 4 is 23.5 Å². The highest BCUT2D eigenvalue weighted by Crippen LogP contribution is 2.19. The molecule has 2 aromatic carbocycles. The minimum Gasteiger partial charge on any atom is -0.507 e. The first-order valence-corrected chi connectivity index (χ1v) is 6.31. The number of hydrogen-bond acceptors (Lipinski definition) is 5. The Hall–Kier alpha value is -2.60. The van der Waals surface area contributed by atoms with E-state index in [1.807, 2.05) is 0 Å². The summed E-state index contributed by atoms with van der Waals surface area (Å²) < 4.78 is 0. The Morgan fingerprint density at radius 2 is 2.14 bits per heavy atom. The molecule has 1 N–H and O–H groups in total. The molecule has 7 heteroatoms. The fourth-order valence-corrected chi connectivity index (χ4v) is 1.77. The monoisotopic (exact) mass is 306 g/mol. The van der Waals surface area contributed by atoms with E-state index in [-0.39, 0.29) is 18.0 Å². The number of nitro groups is 1. The SMILES string of the molecule is O=[N+]([O-])c1cccc(CO/N=C\c2cc(Cl)ccc2O)c1. The molecule has 0 saturated heterocycles. The van der Waals surface area contributed by atoms with Gasteiger partial charge in [0.05, 0.1) is 11.1 Å². The standard InChI is InChI=1S/C14H11ClN2O4/c15-12-4-5-14(18)11(7-12)8-16-21-9-10-2-1-3-13(6-10)17(19)20/h1-8,18H,9H2/b16-8-. The van der Waals surface area contributed by atoms with Crippen LogP contribution in [0.15, 0.2) is 47.6 Å². The van der Waals surface area contributed by atoms with E-state index >= 15 is 0 Å². The molecule has 0 saturated carbocycles. The number of hydrogen-bond donors (Lipinski definition) is 1. The third-order valence-corrected chi connectivity index (χ3v) is 2.84. The molecule has 0 bridgehead atoms. The van der Waals surface area contributed by atoms with Crippen molar-refractivity contribution in [2.75, 3.05) is 0 Å². The highest BCUT2D eigenvalue weighted by atomic mass is 35.5. The van der Waals surface area contributed by atoms with E-state index in [4.69, 9.17) is 16.4 Å². The Morgan fingerprint density at radius 1 is 1.33 bits per heavy atom. The van der Waals surface area contributed by atoms with Crippen molar-refractivity contribution in [3.8, 4) is 5.75 Å². The molecule has 0 amide bonds. The molecule has 0 aliphatic rings. The van der Waals surface area contributed by atoms with Crippen molar-refractivity contribution in [2.45, 2.75) is 6.61 Å². The molecule has 0 heterocycles. The van der Waals surface area contributed by atoms with Crippen molar-refractivity contribution in [2.24, 2.45) is 5.16 Å². The van der Waals surface area contributed by atoms with Crippen molar-refractivity contribution in [1.29, 1.82) is 0 Å². The second-order valence-corrected chi connectivity index (χ2v) is 4.57. The van der Waals surface area contributed by atoms with Gasteiger partial charge in [0.2, 0.25) is 0 Å². The summed E-state index contributed by atoms with van der Waals surface area (Å²) in [6.07, 6.45) is 1.32. The van der Waals surface area contributed by atoms with Crippen molar-refractivity contribution < 1.29 is 14.9 Å². The maximum atomic E-state index is 10.6. The zero-order valence-electron chi connectivity index (χ0n) is 10.8. The molecule has 0 radical (unpaired) electrons. The van der Waals surface area contributed by atoms with E-state index in [0.29, 0.717) is 16.1 Å². The maximum Gasteiger partial charge on any atom is 0.269 e. The Bertz CT molecular complexity index is 688. The number of non-ortho nitro benzene ring substituents is 1. The third kappa shape index (κ3) is 4.19. The van der Waals surface area contributed by atoms with Gasteiger partial charge in [0.25, 0.3) is 5.69 Å². The Morgan fingerprint density at radius 3 is 2.90 bits per heavy atom. The van der Waals surface area contributed by atoms with Gasteiger partial charge < -0.3 is 9.94 Å². The summed E-state index contributed by atoms with van der Waals surface area (Å²) >= 11 is 5.80. The average Bonchev–Trinajstić information content (AvgIpc) is 2.47. The zero-order chi connectivity index (χ0) is 15.2. The number of rotatable bonds is 5. The number of halogens is 1. The van der Waals surface area contributed by atoms with Gasteiger partial charge in [-0.15, -0.1) is 0 Å². The fourth-order valence-electron chi connectivity index (χ4n) is 1.59. The molecule has 2 aromatic rings. The molecule has 21 heavy (non-hydrogen) atoms. The summed E-state index contributed by atoms with van der Waals surface area (Å²) in [5.74, 6) is 0.0297. The van der Waals surface area contributed by atoms with Crippen molar-refractivity contribution in [3.05, 3.63) is 68.7 Å². The average molecular weight is 307 g/mol. The first-order chi connectivity index (χ1) is 10.1. The predicted molar refractivity (Wildman–Crippen MR) is 78.6 cm³/mol. The molecule has 0 atom stereocenters. The molecule has 0 aliphatic carbocycles. The van der Waals surface area contributed by atoms with Crippen LogP contribution in [0.25, 0.3) is 0 Å². The van der Waals surface area contributed by atoms with Crippen LogP contribution in [0.3, 0.4) is 0 Å². The quantitative estimate of drug-likeness (QED) is 0.520.